The summed E-state index contributed by atoms with van der Waals surface area (Å²) in [5, 5.41) is 9.72. The summed E-state index contributed by atoms with van der Waals surface area (Å²) < 4.78 is 22.9. The van der Waals surface area contributed by atoms with Gasteiger partial charge in [0.05, 0.1) is 34.4 Å². The molecule has 0 spiro atoms. The van der Waals surface area contributed by atoms with Gasteiger partial charge in [0.1, 0.15) is 13.2 Å². The van der Waals surface area contributed by atoms with Crippen LogP contribution < -0.4 is 0 Å². The molecule has 1 N–H and O–H groups in total. The zero-order valence-corrected chi connectivity index (χ0v) is 49.4. The van der Waals surface area contributed by atoms with Crippen molar-refractivity contribution >= 4 is 17.9 Å². The number of esters is 2. The fourth-order valence-corrected chi connectivity index (χ4v) is 8.68. The Morgan fingerprint density at radius 1 is 0.413 bits per heavy atom. The van der Waals surface area contributed by atoms with Gasteiger partial charge in [0.15, 0.2) is 6.10 Å². The molecule has 9 heteroatoms. The summed E-state index contributed by atoms with van der Waals surface area (Å²) in [4.78, 5) is 37.5. The standard InChI is InChI=1S/C66H117NO8/c1-6-8-10-12-14-16-18-20-22-24-26-28-29-30-31-32-33-34-35-37-39-41-43-45-47-49-51-53-55-57-64(69)75-62(61-74-66(65(70)71)72-59-58-67(3,4)5)60-73-63(68)56-54-52-50-48-46-44-42-40-38-36-27-25-23-21-19-17-15-13-11-9-7-2/h8,10,14,16,20,22,25-28,30-31,62,66H,6-7,9,11-13,15,17-19,21,23-24,29,32-61H2,1-5H3/p+1/b10-8-,16-14-,22-20-,27-25-,28-26-,31-30-. The predicted octanol–water partition coefficient (Wildman–Crippen LogP) is 18.6. The molecule has 434 valence electrons. The van der Waals surface area contributed by atoms with E-state index in [0.717, 1.165) is 70.6 Å². The van der Waals surface area contributed by atoms with Crippen molar-refractivity contribution in [1.29, 1.82) is 0 Å². The molecule has 0 heterocycles. The van der Waals surface area contributed by atoms with Crippen LogP contribution in [0, 0.1) is 0 Å². The Labute approximate surface area is 462 Å². The minimum absolute atomic E-state index is 0.184. The van der Waals surface area contributed by atoms with E-state index in [4.69, 9.17) is 18.9 Å². The van der Waals surface area contributed by atoms with E-state index in [1.54, 1.807) is 0 Å². The lowest BCUT2D eigenvalue weighted by Gasteiger charge is -2.25. The van der Waals surface area contributed by atoms with Gasteiger partial charge in [0, 0.05) is 12.8 Å². The summed E-state index contributed by atoms with van der Waals surface area (Å²) in [7, 11) is 5.97. The number of rotatable bonds is 57. The summed E-state index contributed by atoms with van der Waals surface area (Å²) in [6.07, 6.45) is 71.3. The van der Waals surface area contributed by atoms with Crippen molar-refractivity contribution < 1.29 is 42.9 Å². The predicted molar refractivity (Wildman–Crippen MR) is 318 cm³/mol. The molecule has 0 amide bonds. The molecule has 0 rings (SSSR count). The summed E-state index contributed by atoms with van der Waals surface area (Å²) in [6, 6.07) is 0. The highest BCUT2D eigenvalue weighted by atomic mass is 16.7. The van der Waals surface area contributed by atoms with E-state index in [1.165, 1.54) is 173 Å². The van der Waals surface area contributed by atoms with Gasteiger partial charge < -0.3 is 28.5 Å². The Morgan fingerprint density at radius 2 is 0.760 bits per heavy atom. The third-order valence-electron chi connectivity index (χ3n) is 13.4. The molecule has 0 fully saturated rings. The van der Waals surface area contributed by atoms with E-state index in [2.05, 4.69) is 86.8 Å². The SMILES string of the molecule is CC/C=C\C/C=C\C/C=C\C/C=C\C/C=C\CCCCCCCCCCCCCCCC(=O)OC(COC(=O)CCCCCCCCCCC/C=C\CCCCCCCCCC)COC(OCC[N+](C)(C)C)C(=O)O. The number of carboxylic acid groups (broad SMARTS) is 1. The lowest BCUT2D eigenvalue weighted by Crippen LogP contribution is -2.40. The molecule has 2 atom stereocenters. The van der Waals surface area contributed by atoms with Crippen molar-refractivity contribution in [2.24, 2.45) is 0 Å². The van der Waals surface area contributed by atoms with Crippen molar-refractivity contribution in [3.05, 3.63) is 72.9 Å². The number of aliphatic carboxylic acids is 1. The van der Waals surface area contributed by atoms with Gasteiger partial charge in [0.2, 0.25) is 0 Å². The molecule has 9 nitrogen and oxygen atoms in total. The van der Waals surface area contributed by atoms with Crippen molar-refractivity contribution in [1.82, 2.24) is 0 Å². The molecule has 0 aliphatic rings. The number of hydrogen-bond donors (Lipinski definition) is 1. The van der Waals surface area contributed by atoms with Gasteiger partial charge in [-0.3, -0.25) is 9.59 Å². The zero-order valence-electron chi connectivity index (χ0n) is 49.4. The first-order chi connectivity index (χ1) is 36.6. The van der Waals surface area contributed by atoms with E-state index in [9.17, 15) is 19.5 Å². The minimum Gasteiger partial charge on any atom is -0.477 e. The maximum Gasteiger partial charge on any atom is 0.361 e. The Balaban J connectivity index is 4.19. The molecule has 0 aliphatic carbocycles. The Bertz CT molecular complexity index is 1460. The number of hydrogen-bond acceptors (Lipinski definition) is 7. The van der Waals surface area contributed by atoms with Crippen LogP contribution in [0.25, 0.3) is 0 Å². The molecule has 75 heavy (non-hydrogen) atoms. The van der Waals surface area contributed by atoms with Crippen LogP contribution in [0.4, 0.5) is 0 Å². The summed E-state index contributed by atoms with van der Waals surface area (Å²) in [5.74, 6) is -2.00. The van der Waals surface area contributed by atoms with Crippen LogP contribution in [-0.4, -0.2) is 87.4 Å². The van der Waals surface area contributed by atoms with Gasteiger partial charge in [-0.25, -0.2) is 4.79 Å². The topological polar surface area (TPSA) is 108 Å². The molecular formula is C66H118NO8+. The highest BCUT2D eigenvalue weighted by Crippen LogP contribution is 2.16. The maximum atomic E-state index is 12.9. The quantitative estimate of drug-likeness (QED) is 0.0211. The second-order valence-corrected chi connectivity index (χ2v) is 22.0. The molecule has 0 radical (unpaired) electrons. The number of likely N-dealkylation sites (N-methyl/N-ethyl adjacent to an activating group) is 1. The molecule has 0 aliphatic heterocycles. The number of quaternary nitrogens is 1. The van der Waals surface area contributed by atoms with Crippen molar-refractivity contribution in [2.75, 3.05) is 47.5 Å². The fraction of sp³-hybridized carbons (Fsp3) is 0.773. The molecule has 0 aromatic carbocycles. The third kappa shape index (κ3) is 58.3. The highest BCUT2D eigenvalue weighted by molar-refractivity contribution is 5.71. The van der Waals surface area contributed by atoms with Crippen LogP contribution in [0.3, 0.4) is 0 Å². The van der Waals surface area contributed by atoms with E-state index in [0.29, 0.717) is 17.4 Å². The highest BCUT2D eigenvalue weighted by Gasteiger charge is 2.25. The Hall–Kier alpha value is -3.27. The summed E-state index contributed by atoms with van der Waals surface area (Å²) >= 11 is 0. The van der Waals surface area contributed by atoms with Crippen LogP contribution in [0.1, 0.15) is 271 Å². The van der Waals surface area contributed by atoms with Crippen molar-refractivity contribution in [3.8, 4) is 0 Å². The van der Waals surface area contributed by atoms with Gasteiger partial charge >= 0.3 is 17.9 Å². The molecule has 0 saturated heterocycles. The van der Waals surface area contributed by atoms with E-state index < -0.39 is 24.3 Å². The Kier molecular flexibility index (Phi) is 54.4. The minimum atomic E-state index is -1.51. The number of unbranched alkanes of at least 4 members (excludes halogenated alkanes) is 30. The first-order valence-electron chi connectivity index (χ1n) is 31.1. The Morgan fingerprint density at radius 3 is 1.15 bits per heavy atom. The van der Waals surface area contributed by atoms with Gasteiger partial charge in [-0.15, -0.1) is 0 Å². The fourth-order valence-electron chi connectivity index (χ4n) is 8.68. The number of carbonyl (C=O) groups excluding carboxylic acids is 2. The van der Waals surface area contributed by atoms with Gasteiger partial charge in [-0.2, -0.15) is 0 Å². The number of carboxylic acids is 1. The molecule has 0 aromatic heterocycles. The van der Waals surface area contributed by atoms with Crippen LogP contribution in [0.2, 0.25) is 0 Å². The van der Waals surface area contributed by atoms with Crippen LogP contribution in [0.5, 0.6) is 0 Å². The second-order valence-electron chi connectivity index (χ2n) is 22.0. The molecule has 2 unspecified atom stereocenters. The second kappa shape index (κ2) is 56.9. The van der Waals surface area contributed by atoms with Crippen LogP contribution in [-0.2, 0) is 33.3 Å². The van der Waals surface area contributed by atoms with Crippen LogP contribution >= 0.6 is 0 Å². The smallest absolute Gasteiger partial charge is 0.361 e. The van der Waals surface area contributed by atoms with E-state index >= 15 is 0 Å². The molecule has 0 saturated carbocycles. The normalized spacial score (nSPS) is 13.2. The first-order valence-corrected chi connectivity index (χ1v) is 31.1. The summed E-state index contributed by atoms with van der Waals surface area (Å²) in [5.41, 5.74) is 0. The van der Waals surface area contributed by atoms with Crippen molar-refractivity contribution in [2.45, 2.75) is 283 Å². The first kappa shape index (κ1) is 71.7. The van der Waals surface area contributed by atoms with Gasteiger partial charge in [-0.05, 0) is 83.5 Å². The maximum absolute atomic E-state index is 12.9. The molecular weight excluding hydrogens is 935 g/mol. The monoisotopic (exact) mass is 1050 g/mol. The average molecular weight is 1050 g/mol. The molecule has 0 aromatic rings. The van der Waals surface area contributed by atoms with Gasteiger partial charge in [-0.1, -0.05) is 247 Å². The lowest BCUT2D eigenvalue weighted by atomic mass is 10.0. The number of ether oxygens (including phenoxy) is 4. The number of carbonyl (C=O) groups is 3. The van der Waals surface area contributed by atoms with E-state index in [1.807, 2.05) is 21.1 Å². The van der Waals surface area contributed by atoms with Crippen molar-refractivity contribution in [3.63, 3.8) is 0 Å². The largest absolute Gasteiger partial charge is 0.477 e. The number of allylic oxidation sites excluding steroid dienone is 12. The average Bonchev–Trinajstić information content (AvgIpc) is 3.38. The van der Waals surface area contributed by atoms with Gasteiger partial charge in [0.25, 0.3) is 6.29 Å². The zero-order chi connectivity index (χ0) is 54.8. The summed E-state index contributed by atoms with van der Waals surface area (Å²) in [6.45, 7) is 4.79. The lowest BCUT2D eigenvalue weighted by molar-refractivity contribution is -0.870. The van der Waals surface area contributed by atoms with Crippen LogP contribution in [0.15, 0.2) is 72.9 Å². The number of nitrogens with zero attached hydrogens (tertiary/aromatic N) is 1. The van der Waals surface area contributed by atoms with E-state index in [-0.39, 0.29) is 32.2 Å². The molecule has 0 bridgehead atoms. The third-order valence-corrected chi connectivity index (χ3v) is 13.4.